The van der Waals surface area contributed by atoms with E-state index in [1.165, 1.54) is 12.8 Å². The molecule has 5 nitrogen and oxygen atoms in total. The number of carbonyl (C=O) groups excluding carboxylic acids is 2. The van der Waals surface area contributed by atoms with Crippen molar-refractivity contribution in [1.29, 1.82) is 0 Å². The van der Waals surface area contributed by atoms with E-state index in [0.717, 1.165) is 5.56 Å². The summed E-state index contributed by atoms with van der Waals surface area (Å²) in [5.41, 5.74) is 1.76. The molecule has 0 radical (unpaired) electrons. The van der Waals surface area contributed by atoms with Crippen LogP contribution >= 0.6 is 0 Å². The van der Waals surface area contributed by atoms with Gasteiger partial charge in [0.25, 0.3) is 5.91 Å². The van der Waals surface area contributed by atoms with Gasteiger partial charge in [-0.3, -0.25) is 9.59 Å². The van der Waals surface area contributed by atoms with Crippen molar-refractivity contribution in [2.75, 3.05) is 19.6 Å². The van der Waals surface area contributed by atoms with Crippen LogP contribution in [0.25, 0.3) is 0 Å². The Morgan fingerprint density at radius 2 is 1.75 bits per heavy atom. The van der Waals surface area contributed by atoms with Crippen LogP contribution in [0.5, 0.6) is 0 Å². The summed E-state index contributed by atoms with van der Waals surface area (Å²) >= 11 is 0. The van der Waals surface area contributed by atoms with E-state index in [1.807, 2.05) is 19.1 Å². The Balaban J connectivity index is 1.58. The Morgan fingerprint density at radius 1 is 1.10 bits per heavy atom. The summed E-state index contributed by atoms with van der Waals surface area (Å²) < 4.78 is 0. The molecule has 0 saturated heterocycles. The summed E-state index contributed by atoms with van der Waals surface area (Å²) in [5, 5.41) is 8.68. The first-order chi connectivity index (χ1) is 9.65. The van der Waals surface area contributed by atoms with Crippen molar-refractivity contribution in [2.24, 2.45) is 0 Å². The van der Waals surface area contributed by atoms with Gasteiger partial charge in [-0.1, -0.05) is 17.7 Å². The Morgan fingerprint density at radius 3 is 2.40 bits per heavy atom. The normalized spacial score (nSPS) is 13.8. The van der Waals surface area contributed by atoms with Crippen LogP contribution in [0.3, 0.4) is 0 Å². The van der Waals surface area contributed by atoms with E-state index in [1.54, 1.807) is 12.1 Å². The third kappa shape index (κ3) is 5.01. The molecule has 1 aliphatic rings. The number of hydrogen-bond donors (Lipinski definition) is 3. The van der Waals surface area contributed by atoms with Crippen molar-refractivity contribution in [3.8, 4) is 0 Å². The lowest BCUT2D eigenvalue weighted by Gasteiger charge is -2.08. The number of amides is 2. The maximum Gasteiger partial charge on any atom is 0.251 e. The van der Waals surface area contributed by atoms with Gasteiger partial charge in [-0.05, 0) is 31.9 Å². The minimum absolute atomic E-state index is 0.0264. The van der Waals surface area contributed by atoms with Crippen LogP contribution in [0.4, 0.5) is 0 Å². The average molecular weight is 275 g/mol. The summed E-state index contributed by atoms with van der Waals surface area (Å²) in [6.07, 6.45) is 2.33. The van der Waals surface area contributed by atoms with E-state index in [0.29, 0.717) is 31.2 Å². The predicted molar refractivity (Wildman–Crippen MR) is 77.5 cm³/mol. The van der Waals surface area contributed by atoms with Crippen LogP contribution in [0.15, 0.2) is 24.3 Å². The Bertz CT molecular complexity index is 467. The summed E-state index contributed by atoms with van der Waals surface area (Å²) in [5.74, 6) is -0.142. The van der Waals surface area contributed by atoms with Gasteiger partial charge in [0.1, 0.15) is 0 Å². The van der Waals surface area contributed by atoms with Crippen LogP contribution in [0.2, 0.25) is 0 Å². The first-order valence-corrected chi connectivity index (χ1v) is 7.00. The lowest BCUT2D eigenvalue weighted by atomic mass is 10.1. The second-order valence-corrected chi connectivity index (χ2v) is 5.13. The Kier molecular flexibility index (Phi) is 5.12. The molecule has 3 N–H and O–H groups in total. The number of hydrogen-bond acceptors (Lipinski definition) is 3. The number of nitrogens with one attached hydrogen (secondary N) is 3. The van der Waals surface area contributed by atoms with Gasteiger partial charge < -0.3 is 16.0 Å². The monoisotopic (exact) mass is 275 g/mol. The van der Waals surface area contributed by atoms with Crippen molar-refractivity contribution in [1.82, 2.24) is 16.0 Å². The molecular weight excluding hydrogens is 254 g/mol. The Hall–Kier alpha value is -1.88. The maximum absolute atomic E-state index is 11.8. The molecule has 2 rings (SSSR count). The van der Waals surface area contributed by atoms with Gasteiger partial charge in [-0.2, -0.15) is 0 Å². The zero-order valence-electron chi connectivity index (χ0n) is 11.7. The average Bonchev–Trinajstić information content (AvgIpc) is 3.26. The minimum Gasteiger partial charge on any atom is -0.353 e. The van der Waals surface area contributed by atoms with Crippen molar-refractivity contribution < 1.29 is 9.59 Å². The van der Waals surface area contributed by atoms with Crippen LogP contribution < -0.4 is 16.0 Å². The smallest absolute Gasteiger partial charge is 0.251 e. The van der Waals surface area contributed by atoms with Crippen molar-refractivity contribution in [3.05, 3.63) is 35.4 Å². The van der Waals surface area contributed by atoms with E-state index < -0.39 is 0 Å². The third-order valence-electron chi connectivity index (χ3n) is 3.18. The lowest BCUT2D eigenvalue weighted by molar-refractivity contribution is -0.120. The molecular formula is C15H21N3O2. The Labute approximate surface area is 119 Å². The molecule has 2 amide bonds. The first-order valence-electron chi connectivity index (χ1n) is 7.00. The fourth-order valence-corrected chi connectivity index (χ4v) is 1.77. The molecule has 0 atom stereocenters. The van der Waals surface area contributed by atoms with E-state index in [9.17, 15) is 9.59 Å². The largest absolute Gasteiger partial charge is 0.353 e. The van der Waals surface area contributed by atoms with Gasteiger partial charge in [-0.25, -0.2) is 0 Å². The van der Waals surface area contributed by atoms with Crippen molar-refractivity contribution in [3.63, 3.8) is 0 Å². The first kappa shape index (κ1) is 14.5. The fourth-order valence-electron chi connectivity index (χ4n) is 1.77. The highest BCUT2D eigenvalue weighted by Crippen LogP contribution is 2.17. The van der Waals surface area contributed by atoms with E-state index in [2.05, 4.69) is 16.0 Å². The third-order valence-corrected chi connectivity index (χ3v) is 3.18. The van der Waals surface area contributed by atoms with Crippen LogP contribution in [0, 0.1) is 6.92 Å². The lowest BCUT2D eigenvalue weighted by Crippen LogP contribution is -2.39. The second kappa shape index (κ2) is 7.05. The molecule has 0 heterocycles. The molecule has 0 spiro atoms. The number of benzene rings is 1. The quantitative estimate of drug-likeness (QED) is 0.638. The molecule has 1 fully saturated rings. The molecule has 0 aromatic heterocycles. The van der Waals surface area contributed by atoms with Crippen LogP contribution in [0.1, 0.15) is 28.8 Å². The molecule has 5 heteroatoms. The molecule has 0 unspecified atom stereocenters. The topological polar surface area (TPSA) is 70.2 Å². The molecule has 1 aromatic carbocycles. The zero-order valence-corrected chi connectivity index (χ0v) is 11.7. The van der Waals surface area contributed by atoms with Crippen molar-refractivity contribution >= 4 is 11.8 Å². The van der Waals surface area contributed by atoms with Gasteiger partial charge in [0.2, 0.25) is 5.91 Å². The molecule has 20 heavy (non-hydrogen) atoms. The highest BCUT2D eigenvalue weighted by atomic mass is 16.2. The molecule has 1 saturated carbocycles. The van der Waals surface area contributed by atoms with E-state index >= 15 is 0 Å². The number of carbonyl (C=O) groups is 2. The number of rotatable bonds is 7. The maximum atomic E-state index is 11.8. The van der Waals surface area contributed by atoms with Crippen molar-refractivity contribution in [2.45, 2.75) is 25.8 Å². The standard InChI is InChI=1S/C15H21N3O2/c1-11-2-4-12(5-3-11)15(20)17-9-8-16-14(19)10-18-13-6-7-13/h2-5,13,18H,6-10H2,1H3,(H,16,19)(H,17,20). The molecule has 0 aliphatic heterocycles. The summed E-state index contributed by atoms with van der Waals surface area (Å²) in [7, 11) is 0. The van der Waals surface area contributed by atoms with Gasteiger partial charge in [-0.15, -0.1) is 0 Å². The highest BCUT2D eigenvalue weighted by Gasteiger charge is 2.20. The summed E-state index contributed by atoms with van der Waals surface area (Å²) in [6, 6.07) is 7.92. The van der Waals surface area contributed by atoms with Crippen LogP contribution in [-0.2, 0) is 4.79 Å². The molecule has 1 aliphatic carbocycles. The zero-order chi connectivity index (χ0) is 14.4. The second-order valence-electron chi connectivity index (χ2n) is 5.13. The van der Waals surface area contributed by atoms with Gasteiger partial charge >= 0.3 is 0 Å². The van der Waals surface area contributed by atoms with E-state index in [-0.39, 0.29) is 11.8 Å². The SMILES string of the molecule is Cc1ccc(C(=O)NCCNC(=O)CNC2CC2)cc1. The number of aryl methyl sites for hydroxylation is 1. The molecule has 0 bridgehead atoms. The fraction of sp³-hybridized carbons (Fsp3) is 0.467. The van der Waals surface area contributed by atoms with Crippen LogP contribution in [-0.4, -0.2) is 37.5 Å². The van der Waals surface area contributed by atoms with E-state index in [4.69, 9.17) is 0 Å². The van der Waals surface area contributed by atoms with Gasteiger partial charge in [0.15, 0.2) is 0 Å². The van der Waals surface area contributed by atoms with Gasteiger partial charge in [0, 0.05) is 24.7 Å². The predicted octanol–water partition coefficient (Wildman–Crippen LogP) is 0.593. The summed E-state index contributed by atoms with van der Waals surface area (Å²) in [4.78, 5) is 23.2. The minimum atomic E-state index is -0.115. The molecule has 108 valence electrons. The molecule has 1 aromatic rings. The highest BCUT2D eigenvalue weighted by molar-refractivity contribution is 5.94. The summed E-state index contributed by atoms with van der Waals surface area (Å²) in [6.45, 7) is 3.22. The van der Waals surface area contributed by atoms with Gasteiger partial charge in [0.05, 0.1) is 6.54 Å².